The summed E-state index contributed by atoms with van der Waals surface area (Å²) < 4.78 is 10.4. The van der Waals surface area contributed by atoms with Crippen LogP contribution in [0.15, 0.2) is 40.8 Å². The largest absolute Gasteiger partial charge is 0.496 e. The topological polar surface area (TPSA) is 101 Å². The van der Waals surface area contributed by atoms with Crippen LogP contribution >= 0.6 is 0 Å². The van der Waals surface area contributed by atoms with Gasteiger partial charge in [-0.2, -0.15) is 0 Å². The monoisotopic (exact) mass is 332 g/mol. The minimum Gasteiger partial charge on any atom is -0.496 e. The van der Waals surface area contributed by atoms with Crippen LogP contribution in [0.2, 0.25) is 0 Å². The molecule has 1 heterocycles. The molecule has 0 radical (unpaired) electrons. The molecule has 1 unspecified atom stereocenters. The van der Waals surface area contributed by atoms with Crippen molar-refractivity contribution in [3.63, 3.8) is 0 Å². The highest BCUT2D eigenvalue weighted by Gasteiger charge is 2.17. The van der Waals surface area contributed by atoms with Gasteiger partial charge in [0, 0.05) is 12.1 Å². The summed E-state index contributed by atoms with van der Waals surface area (Å²) in [5, 5.41) is 14.8. The fourth-order valence-corrected chi connectivity index (χ4v) is 2.11. The molecule has 7 heteroatoms. The summed E-state index contributed by atoms with van der Waals surface area (Å²) in [6.07, 6.45) is -1.01. The van der Waals surface area contributed by atoms with E-state index < -0.39 is 17.9 Å². The molecule has 0 saturated carbocycles. The van der Waals surface area contributed by atoms with E-state index in [1.54, 1.807) is 31.2 Å². The fourth-order valence-electron chi connectivity index (χ4n) is 2.11. The molecule has 0 spiro atoms. The molecule has 1 aromatic carbocycles. The van der Waals surface area contributed by atoms with Gasteiger partial charge < -0.3 is 24.9 Å². The Hall–Kier alpha value is -2.80. The summed E-state index contributed by atoms with van der Waals surface area (Å²) in [4.78, 5) is 23.6. The highest BCUT2D eigenvalue weighted by atomic mass is 16.5. The zero-order chi connectivity index (χ0) is 17.5. The molecule has 7 nitrogen and oxygen atoms in total. The molecule has 0 aliphatic heterocycles. The van der Waals surface area contributed by atoms with Crippen molar-refractivity contribution in [2.24, 2.45) is 0 Å². The zero-order valence-corrected chi connectivity index (χ0v) is 13.5. The van der Waals surface area contributed by atoms with E-state index in [1.165, 1.54) is 7.11 Å². The fraction of sp³-hybridized carbons (Fsp3) is 0.294. The van der Waals surface area contributed by atoms with Crippen molar-refractivity contribution in [2.45, 2.75) is 19.6 Å². The van der Waals surface area contributed by atoms with E-state index in [4.69, 9.17) is 9.15 Å². The molecule has 0 fully saturated rings. The van der Waals surface area contributed by atoms with Crippen LogP contribution in [0.3, 0.4) is 0 Å². The van der Waals surface area contributed by atoms with Gasteiger partial charge in [0.25, 0.3) is 0 Å². The molecule has 0 aliphatic carbocycles. The van der Waals surface area contributed by atoms with Crippen molar-refractivity contribution in [3.8, 4) is 5.75 Å². The van der Waals surface area contributed by atoms with Crippen LogP contribution < -0.4 is 15.4 Å². The zero-order valence-electron chi connectivity index (χ0n) is 13.5. The Kier molecular flexibility index (Phi) is 5.97. The molecule has 24 heavy (non-hydrogen) atoms. The number of nitrogens with one attached hydrogen (secondary N) is 2. The number of ether oxygens (including phenoxy) is 1. The van der Waals surface area contributed by atoms with Crippen molar-refractivity contribution in [2.75, 3.05) is 13.7 Å². The molecule has 1 atom stereocenters. The van der Waals surface area contributed by atoms with Crippen LogP contribution in [0.4, 0.5) is 0 Å². The number of para-hydroxylation sites is 1. The third-order valence-electron chi connectivity index (χ3n) is 3.38. The van der Waals surface area contributed by atoms with E-state index in [9.17, 15) is 14.7 Å². The lowest BCUT2D eigenvalue weighted by atomic mass is 10.2. The van der Waals surface area contributed by atoms with Crippen molar-refractivity contribution in [3.05, 3.63) is 53.5 Å². The maximum absolute atomic E-state index is 11.8. The lowest BCUT2D eigenvalue weighted by Crippen LogP contribution is -2.41. The normalized spacial score (nSPS) is 11.6. The Morgan fingerprint density at radius 3 is 2.54 bits per heavy atom. The van der Waals surface area contributed by atoms with E-state index in [2.05, 4.69) is 10.6 Å². The van der Waals surface area contributed by atoms with Crippen LogP contribution in [0.1, 0.15) is 23.2 Å². The number of aryl methyl sites for hydroxylation is 1. The number of carbonyl (C=O) groups excluding carboxylic acids is 2. The average molecular weight is 332 g/mol. The maximum atomic E-state index is 11.8. The molecule has 0 bridgehead atoms. The van der Waals surface area contributed by atoms with Gasteiger partial charge in [0.15, 0.2) is 0 Å². The Morgan fingerprint density at radius 1 is 1.17 bits per heavy atom. The minimum absolute atomic E-state index is 0.117. The molecule has 3 N–H and O–H groups in total. The number of carbonyl (C=O) groups is 2. The number of hydrogen-bond donors (Lipinski definition) is 3. The predicted octanol–water partition coefficient (Wildman–Crippen LogP) is 1.06. The van der Waals surface area contributed by atoms with Gasteiger partial charge >= 0.3 is 11.8 Å². The van der Waals surface area contributed by atoms with E-state index in [0.717, 1.165) is 5.56 Å². The number of aliphatic hydroxyl groups excluding tert-OH is 1. The molecule has 1 aromatic heterocycles. The smallest absolute Gasteiger partial charge is 0.309 e. The quantitative estimate of drug-likeness (QED) is 0.687. The van der Waals surface area contributed by atoms with Crippen LogP contribution in [0.25, 0.3) is 0 Å². The Bertz CT molecular complexity index is 711. The summed E-state index contributed by atoms with van der Waals surface area (Å²) in [7, 11) is 1.53. The van der Waals surface area contributed by atoms with Crippen LogP contribution in [-0.2, 0) is 16.1 Å². The third kappa shape index (κ3) is 4.60. The van der Waals surface area contributed by atoms with Crippen molar-refractivity contribution >= 4 is 11.8 Å². The predicted molar refractivity (Wildman–Crippen MR) is 86.3 cm³/mol. The number of benzene rings is 1. The molecule has 2 aromatic rings. The lowest BCUT2D eigenvalue weighted by Gasteiger charge is -2.11. The first-order chi connectivity index (χ1) is 11.5. The highest BCUT2D eigenvalue weighted by molar-refractivity contribution is 6.35. The van der Waals surface area contributed by atoms with Crippen LogP contribution in [0, 0.1) is 6.92 Å². The lowest BCUT2D eigenvalue weighted by molar-refractivity contribution is -0.139. The van der Waals surface area contributed by atoms with Crippen molar-refractivity contribution < 1.29 is 23.8 Å². The van der Waals surface area contributed by atoms with Crippen molar-refractivity contribution in [1.29, 1.82) is 0 Å². The number of amides is 2. The SMILES string of the molecule is COc1ccccc1CNC(=O)C(=O)NCC(O)c1ccc(C)o1. The summed E-state index contributed by atoms with van der Waals surface area (Å²) >= 11 is 0. The number of methoxy groups -OCH3 is 1. The highest BCUT2D eigenvalue weighted by Crippen LogP contribution is 2.17. The summed E-state index contributed by atoms with van der Waals surface area (Å²) in [5.74, 6) is 0.00457. The maximum Gasteiger partial charge on any atom is 0.309 e. The second kappa shape index (κ2) is 8.16. The second-order valence-electron chi connectivity index (χ2n) is 5.17. The molecular formula is C17H20N2O5. The summed E-state index contributed by atoms with van der Waals surface area (Å²) in [6, 6.07) is 10.5. The Morgan fingerprint density at radius 2 is 1.88 bits per heavy atom. The van der Waals surface area contributed by atoms with Gasteiger partial charge in [0.05, 0.1) is 13.7 Å². The van der Waals surface area contributed by atoms with E-state index in [-0.39, 0.29) is 13.1 Å². The van der Waals surface area contributed by atoms with Gasteiger partial charge in [0.2, 0.25) is 0 Å². The first kappa shape index (κ1) is 17.6. The number of hydrogen-bond acceptors (Lipinski definition) is 5. The number of rotatable bonds is 6. The van der Waals surface area contributed by atoms with E-state index in [0.29, 0.717) is 17.3 Å². The minimum atomic E-state index is -1.01. The average Bonchev–Trinajstić information content (AvgIpc) is 3.03. The molecule has 2 amide bonds. The van der Waals surface area contributed by atoms with Gasteiger partial charge in [-0.05, 0) is 25.1 Å². The molecular weight excluding hydrogens is 312 g/mol. The van der Waals surface area contributed by atoms with Gasteiger partial charge in [-0.15, -0.1) is 0 Å². The van der Waals surface area contributed by atoms with E-state index in [1.807, 2.05) is 12.1 Å². The number of furan rings is 1. The molecule has 128 valence electrons. The summed E-state index contributed by atoms with van der Waals surface area (Å²) in [5.41, 5.74) is 0.757. The van der Waals surface area contributed by atoms with Gasteiger partial charge in [-0.3, -0.25) is 9.59 Å². The van der Waals surface area contributed by atoms with Gasteiger partial charge in [-0.1, -0.05) is 18.2 Å². The third-order valence-corrected chi connectivity index (χ3v) is 3.38. The van der Waals surface area contributed by atoms with Gasteiger partial charge in [0.1, 0.15) is 23.4 Å². The van der Waals surface area contributed by atoms with E-state index >= 15 is 0 Å². The molecule has 0 aliphatic rings. The number of aliphatic hydroxyl groups is 1. The molecule has 2 rings (SSSR count). The van der Waals surface area contributed by atoms with Crippen molar-refractivity contribution in [1.82, 2.24) is 10.6 Å². The first-order valence-corrected chi connectivity index (χ1v) is 7.43. The van der Waals surface area contributed by atoms with Crippen LogP contribution in [-0.4, -0.2) is 30.6 Å². The second-order valence-corrected chi connectivity index (χ2v) is 5.17. The van der Waals surface area contributed by atoms with Gasteiger partial charge in [-0.25, -0.2) is 0 Å². The molecule has 0 saturated heterocycles. The standard InChI is InChI=1S/C17H20N2O5/c1-11-7-8-15(24-11)13(20)10-19-17(22)16(21)18-9-12-5-3-4-6-14(12)23-2/h3-8,13,20H,9-10H2,1-2H3,(H,18,21)(H,19,22). The summed E-state index contributed by atoms with van der Waals surface area (Å²) in [6.45, 7) is 1.80. The Balaban J connectivity index is 1.81. The Labute approximate surface area is 139 Å². The first-order valence-electron chi connectivity index (χ1n) is 7.43. The van der Waals surface area contributed by atoms with Crippen LogP contribution in [0.5, 0.6) is 5.75 Å².